The molecule has 0 radical (unpaired) electrons. The first-order valence-electron chi connectivity index (χ1n) is 5.51. The Morgan fingerprint density at radius 1 is 1.41 bits per heavy atom. The Bertz CT molecular complexity index is 401. The summed E-state index contributed by atoms with van der Waals surface area (Å²) in [5, 5.41) is 8.70. The molecular weight excluding hydrogens is 220 g/mol. The summed E-state index contributed by atoms with van der Waals surface area (Å²) < 4.78 is 0. The lowest BCUT2D eigenvalue weighted by atomic mass is 10.2. The molecule has 0 spiro atoms. The summed E-state index contributed by atoms with van der Waals surface area (Å²) in [7, 11) is 1.71. The highest BCUT2D eigenvalue weighted by Crippen LogP contribution is 2.04. The van der Waals surface area contributed by atoms with Gasteiger partial charge >= 0.3 is 5.97 Å². The number of aromatic nitrogens is 1. The van der Waals surface area contributed by atoms with Crippen LogP contribution in [0.2, 0.25) is 0 Å². The van der Waals surface area contributed by atoms with Crippen molar-refractivity contribution < 1.29 is 14.7 Å². The van der Waals surface area contributed by atoms with Crippen LogP contribution in [0.5, 0.6) is 0 Å². The number of nitrogens with zero attached hydrogens (tertiary/aromatic N) is 2. The van der Waals surface area contributed by atoms with Gasteiger partial charge in [0.05, 0.1) is 5.56 Å². The van der Waals surface area contributed by atoms with Gasteiger partial charge in [0.25, 0.3) is 5.91 Å². The number of hydrogen-bond donors (Lipinski definition) is 1. The highest BCUT2D eigenvalue weighted by Gasteiger charge is 2.13. The first kappa shape index (κ1) is 13.2. The van der Waals surface area contributed by atoms with Crippen LogP contribution in [-0.2, 0) is 0 Å². The van der Waals surface area contributed by atoms with Gasteiger partial charge in [-0.3, -0.25) is 9.78 Å². The Morgan fingerprint density at radius 2 is 2.12 bits per heavy atom. The van der Waals surface area contributed by atoms with Crippen LogP contribution in [0, 0.1) is 0 Å². The molecule has 0 aromatic carbocycles. The van der Waals surface area contributed by atoms with E-state index in [1.165, 1.54) is 18.3 Å². The molecule has 0 bridgehead atoms. The second kappa shape index (κ2) is 5.98. The fourth-order valence-corrected chi connectivity index (χ4v) is 1.34. The predicted molar refractivity (Wildman–Crippen MR) is 63.1 cm³/mol. The van der Waals surface area contributed by atoms with Crippen molar-refractivity contribution in [2.75, 3.05) is 13.6 Å². The molecule has 0 unspecified atom stereocenters. The van der Waals surface area contributed by atoms with Gasteiger partial charge in [0.2, 0.25) is 0 Å². The molecule has 0 saturated carbocycles. The van der Waals surface area contributed by atoms with Crippen molar-refractivity contribution in [3.05, 3.63) is 29.6 Å². The summed E-state index contributed by atoms with van der Waals surface area (Å²) in [6, 6.07) is 2.82. The van der Waals surface area contributed by atoms with Crippen molar-refractivity contribution in [2.24, 2.45) is 0 Å². The Balaban J connectivity index is 2.72. The average Bonchev–Trinajstić information content (AvgIpc) is 2.35. The minimum absolute atomic E-state index is 0.0813. The van der Waals surface area contributed by atoms with E-state index in [1.54, 1.807) is 11.9 Å². The number of carbonyl (C=O) groups excluding carboxylic acids is 1. The molecule has 1 aromatic rings. The SMILES string of the molecule is CCCCN(C)C(=O)c1ccc(C(=O)O)cn1. The normalized spacial score (nSPS) is 10.0. The van der Waals surface area contributed by atoms with E-state index < -0.39 is 5.97 Å². The van der Waals surface area contributed by atoms with Crippen molar-refractivity contribution in [1.82, 2.24) is 9.88 Å². The summed E-state index contributed by atoms with van der Waals surface area (Å²) >= 11 is 0. The maximum atomic E-state index is 11.8. The topological polar surface area (TPSA) is 70.5 Å². The summed E-state index contributed by atoms with van der Waals surface area (Å²) in [5.74, 6) is -1.23. The van der Waals surface area contributed by atoms with Gasteiger partial charge in [-0.05, 0) is 18.6 Å². The zero-order chi connectivity index (χ0) is 12.8. The van der Waals surface area contributed by atoms with Crippen molar-refractivity contribution in [1.29, 1.82) is 0 Å². The predicted octanol–water partition coefficient (Wildman–Crippen LogP) is 1.65. The zero-order valence-electron chi connectivity index (χ0n) is 10.0. The van der Waals surface area contributed by atoms with E-state index in [4.69, 9.17) is 5.11 Å². The second-order valence-electron chi connectivity index (χ2n) is 3.82. The van der Waals surface area contributed by atoms with Crippen LogP contribution in [0.15, 0.2) is 18.3 Å². The van der Waals surface area contributed by atoms with Crippen LogP contribution in [0.4, 0.5) is 0 Å². The van der Waals surface area contributed by atoms with Crippen LogP contribution < -0.4 is 0 Å². The van der Waals surface area contributed by atoms with Crippen LogP contribution in [0.3, 0.4) is 0 Å². The molecular formula is C12H16N2O3. The lowest BCUT2D eigenvalue weighted by Crippen LogP contribution is -2.28. The molecule has 0 aliphatic carbocycles. The first-order chi connectivity index (χ1) is 8.06. The fraction of sp³-hybridized carbons (Fsp3) is 0.417. The van der Waals surface area contributed by atoms with E-state index in [0.29, 0.717) is 6.54 Å². The minimum Gasteiger partial charge on any atom is -0.478 e. The van der Waals surface area contributed by atoms with Gasteiger partial charge < -0.3 is 10.0 Å². The van der Waals surface area contributed by atoms with Gasteiger partial charge in [0.1, 0.15) is 5.69 Å². The Kier molecular flexibility index (Phi) is 4.63. The van der Waals surface area contributed by atoms with Crippen molar-refractivity contribution in [3.63, 3.8) is 0 Å². The number of carbonyl (C=O) groups is 2. The van der Waals surface area contributed by atoms with Crippen molar-refractivity contribution >= 4 is 11.9 Å². The summed E-state index contributed by atoms with van der Waals surface area (Å²) in [4.78, 5) is 27.9. The quantitative estimate of drug-likeness (QED) is 0.843. The highest BCUT2D eigenvalue weighted by atomic mass is 16.4. The molecule has 17 heavy (non-hydrogen) atoms. The molecule has 0 atom stereocenters. The van der Waals surface area contributed by atoms with Crippen LogP contribution in [-0.4, -0.2) is 40.5 Å². The van der Waals surface area contributed by atoms with E-state index in [-0.39, 0.29) is 17.2 Å². The van der Waals surface area contributed by atoms with Gasteiger partial charge in [0, 0.05) is 19.8 Å². The third-order valence-electron chi connectivity index (χ3n) is 2.42. The van der Waals surface area contributed by atoms with Crippen LogP contribution in [0.25, 0.3) is 0 Å². The third kappa shape index (κ3) is 3.55. The van der Waals surface area contributed by atoms with E-state index in [2.05, 4.69) is 11.9 Å². The first-order valence-corrected chi connectivity index (χ1v) is 5.51. The molecule has 0 saturated heterocycles. The Labute approximate surface area is 100 Å². The number of unbranched alkanes of at least 4 members (excludes halogenated alkanes) is 1. The summed E-state index contributed by atoms with van der Waals surface area (Å²) in [6.07, 6.45) is 3.15. The Morgan fingerprint density at radius 3 is 2.59 bits per heavy atom. The lowest BCUT2D eigenvalue weighted by molar-refractivity contribution is 0.0694. The number of pyridine rings is 1. The van der Waals surface area contributed by atoms with Crippen molar-refractivity contribution in [2.45, 2.75) is 19.8 Å². The van der Waals surface area contributed by atoms with Crippen LogP contribution in [0.1, 0.15) is 40.6 Å². The van der Waals surface area contributed by atoms with Gasteiger partial charge in [-0.25, -0.2) is 4.79 Å². The lowest BCUT2D eigenvalue weighted by Gasteiger charge is -2.15. The standard InChI is InChI=1S/C12H16N2O3/c1-3-4-7-14(2)11(15)10-6-5-9(8-13-10)12(16)17/h5-6,8H,3-4,7H2,1-2H3,(H,16,17). The highest BCUT2D eigenvalue weighted by molar-refractivity contribution is 5.93. The van der Waals surface area contributed by atoms with E-state index in [1.807, 2.05) is 0 Å². The van der Waals surface area contributed by atoms with Crippen LogP contribution >= 0.6 is 0 Å². The third-order valence-corrected chi connectivity index (χ3v) is 2.42. The van der Waals surface area contributed by atoms with Gasteiger partial charge in [-0.2, -0.15) is 0 Å². The van der Waals surface area contributed by atoms with Crippen molar-refractivity contribution in [3.8, 4) is 0 Å². The molecule has 5 nitrogen and oxygen atoms in total. The monoisotopic (exact) mass is 236 g/mol. The molecule has 5 heteroatoms. The van der Waals surface area contributed by atoms with Gasteiger partial charge in [0.15, 0.2) is 0 Å². The number of rotatable bonds is 5. The molecule has 0 aliphatic heterocycles. The van der Waals surface area contributed by atoms with Gasteiger partial charge in [-0.15, -0.1) is 0 Å². The Hall–Kier alpha value is -1.91. The smallest absolute Gasteiger partial charge is 0.337 e. The molecule has 0 aliphatic rings. The number of amides is 1. The van der Waals surface area contributed by atoms with E-state index in [0.717, 1.165) is 12.8 Å². The molecule has 1 aromatic heterocycles. The maximum Gasteiger partial charge on any atom is 0.337 e. The second-order valence-corrected chi connectivity index (χ2v) is 3.82. The van der Waals surface area contributed by atoms with Gasteiger partial charge in [-0.1, -0.05) is 13.3 Å². The number of carboxylic acid groups (broad SMARTS) is 1. The maximum absolute atomic E-state index is 11.8. The molecule has 92 valence electrons. The molecule has 1 heterocycles. The summed E-state index contributed by atoms with van der Waals surface area (Å²) in [5.41, 5.74) is 0.353. The van der Waals surface area contributed by atoms with E-state index in [9.17, 15) is 9.59 Å². The van der Waals surface area contributed by atoms with E-state index >= 15 is 0 Å². The number of hydrogen-bond acceptors (Lipinski definition) is 3. The molecule has 1 rings (SSSR count). The fourth-order valence-electron chi connectivity index (χ4n) is 1.34. The molecule has 0 fully saturated rings. The average molecular weight is 236 g/mol. The molecule has 1 amide bonds. The molecule has 1 N–H and O–H groups in total. The number of carboxylic acids is 1. The number of aromatic carboxylic acids is 1. The minimum atomic E-state index is -1.05. The summed E-state index contributed by atoms with van der Waals surface area (Å²) in [6.45, 7) is 2.73. The zero-order valence-corrected chi connectivity index (χ0v) is 10.0. The largest absolute Gasteiger partial charge is 0.478 e.